The normalized spacial score (nSPS) is 10.6. The first-order chi connectivity index (χ1) is 13.9. The smallest absolute Gasteiger partial charge is 0.331 e. The highest BCUT2D eigenvalue weighted by atomic mass is 19.1. The first kappa shape index (κ1) is 21.9. The van der Waals surface area contributed by atoms with Crippen molar-refractivity contribution in [3.05, 3.63) is 59.7 Å². The fourth-order valence-electron chi connectivity index (χ4n) is 2.30. The number of amides is 1. The van der Waals surface area contributed by atoms with E-state index in [4.69, 9.17) is 14.2 Å². The number of anilines is 1. The van der Waals surface area contributed by atoms with Crippen molar-refractivity contribution in [3.8, 4) is 11.5 Å². The zero-order chi connectivity index (χ0) is 21.2. The van der Waals surface area contributed by atoms with Gasteiger partial charge in [0.05, 0.1) is 18.9 Å². The van der Waals surface area contributed by atoms with Gasteiger partial charge in [-0.1, -0.05) is 6.07 Å². The molecule has 0 aromatic heterocycles. The van der Waals surface area contributed by atoms with Crippen LogP contribution in [0.5, 0.6) is 11.5 Å². The Labute approximate surface area is 167 Å². The fraction of sp³-hybridized carbons (Fsp3) is 0.238. The maximum atomic E-state index is 13.5. The minimum Gasteiger partial charge on any atom is -0.490 e. The molecule has 0 unspecified atom stereocenters. The molecule has 0 aliphatic carbocycles. The van der Waals surface area contributed by atoms with Gasteiger partial charge in [-0.25, -0.2) is 13.6 Å². The van der Waals surface area contributed by atoms with Crippen LogP contribution < -0.4 is 14.8 Å². The Morgan fingerprint density at radius 3 is 2.45 bits per heavy atom. The van der Waals surface area contributed by atoms with E-state index in [9.17, 15) is 18.4 Å². The molecule has 1 N–H and O–H groups in total. The first-order valence-corrected chi connectivity index (χ1v) is 8.92. The highest BCUT2D eigenvalue weighted by molar-refractivity contribution is 5.94. The molecule has 154 valence electrons. The summed E-state index contributed by atoms with van der Waals surface area (Å²) in [5, 5.41) is 2.13. The highest BCUT2D eigenvalue weighted by Crippen LogP contribution is 2.29. The number of esters is 1. The third-order valence-electron chi connectivity index (χ3n) is 3.53. The zero-order valence-corrected chi connectivity index (χ0v) is 16.0. The van der Waals surface area contributed by atoms with Crippen molar-refractivity contribution in [3.63, 3.8) is 0 Å². The first-order valence-electron chi connectivity index (χ1n) is 8.92. The van der Waals surface area contributed by atoms with E-state index in [1.807, 2.05) is 13.8 Å². The number of hydrogen-bond acceptors (Lipinski definition) is 5. The predicted molar refractivity (Wildman–Crippen MR) is 104 cm³/mol. The molecule has 0 saturated heterocycles. The quantitative estimate of drug-likeness (QED) is 0.505. The van der Waals surface area contributed by atoms with Gasteiger partial charge in [-0.15, -0.1) is 0 Å². The molecule has 0 fully saturated rings. The molecule has 0 bridgehead atoms. The largest absolute Gasteiger partial charge is 0.490 e. The lowest BCUT2D eigenvalue weighted by atomic mass is 10.2. The van der Waals surface area contributed by atoms with Crippen LogP contribution >= 0.6 is 0 Å². The van der Waals surface area contributed by atoms with E-state index < -0.39 is 30.1 Å². The molecule has 2 aromatic carbocycles. The standard InChI is InChI=1S/C21H21F2NO5/c1-3-27-18-9-5-14(11-19(18)28-4-2)6-10-21(26)29-13-20(25)24-17-12-15(22)7-8-16(17)23/h5-12H,3-4,13H2,1-2H3,(H,24,25)/b10-6+. The second kappa shape index (κ2) is 10.8. The second-order valence-corrected chi connectivity index (χ2v) is 5.69. The molecule has 0 saturated carbocycles. The van der Waals surface area contributed by atoms with E-state index in [2.05, 4.69) is 5.32 Å². The summed E-state index contributed by atoms with van der Waals surface area (Å²) in [7, 11) is 0. The van der Waals surface area contributed by atoms with E-state index >= 15 is 0 Å². The predicted octanol–water partition coefficient (Wildman–Crippen LogP) is 3.96. The van der Waals surface area contributed by atoms with Gasteiger partial charge in [0.2, 0.25) is 0 Å². The Morgan fingerprint density at radius 1 is 1.00 bits per heavy atom. The molecule has 0 aliphatic heterocycles. The van der Waals surface area contributed by atoms with Gasteiger partial charge in [-0.3, -0.25) is 4.79 Å². The summed E-state index contributed by atoms with van der Waals surface area (Å²) < 4.78 is 42.3. The second-order valence-electron chi connectivity index (χ2n) is 5.69. The van der Waals surface area contributed by atoms with Crippen LogP contribution in [0.25, 0.3) is 6.08 Å². The number of carbonyl (C=O) groups is 2. The maximum absolute atomic E-state index is 13.5. The van der Waals surface area contributed by atoms with Gasteiger partial charge in [0.25, 0.3) is 5.91 Å². The van der Waals surface area contributed by atoms with Crippen molar-refractivity contribution in [1.82, 2.24) is 0 Å². The molecule has 1 amide bonds. The molecular weight excluding hydrogens is 384 g/mol. The molecule has 0 spiro atoms. The Morgan fingerprint density at radius 2 is 1.72 bits per heavy atom. The molecule has 0 aliphatic rings. The minimum absolute atomic E-state index is 0.334. The van der Waals surface area contributed by atoms with Crippen LogP contribution in [0.1, 0.15) is 19.4 Å². The molecule has 6 nitrogen and oxygen atoms in total. The van der Waals surface area contributed by atoms with Gasteiger partial charge in [-0.2, -0.15) is 0 Å². The Bertz CT molecular complexity index is 899. The van der Waals surface area contributed by atoms with E-state index in [1.165, 1.54) is 6.08 Å². The molecule has 29 heavy (non-hydrogen) atoms. The van der Waals surface area contributed by atoms with Gasteiger partial charge in [0.1, 0.15) is 11.6 Å². The lowest BCUT2D eigenvalue weighted by molar-refractivity contribution is -0.142. The highest BCUT2D eigenvalue weighted by Gasteiger charge is 2.10. The minimum atomic E-state index is -0.799. The third-order valence-corrected chi connectivity index (χ3v) is 3.53. The number of halogens is 2. The van der Waals surface area contributed by atoms with Crippen LogP contribution in [0, 0.1) is 11.6 Å². The topological polar surface area (TPSA) is 73.9 Å². The number of nitrogens with one attached hydrogen (secondary N) is 1. The average molecular weight is 405 g/mol. The molecule has 0 radical (unpaired) electrons. The van der Waals surface area contributed by atoms with Crippen LogP contribution in [0.3, 0.4) is 0 Å². The van der Waals surface area contributed by atoms with Gasteiger partial charge >= 0.3 is 5.97 Å². The van der Waals surface area contributed by atoms with E-state index in [-0.39, 0.29) is 5.69 Å². The van der Waals surface area contributed by atoms with Gasteiger partial charge < -0.3 is 19.5 Å². The van der Waals surface area contributed by atoms with Crippen molar-refractivity contribution < 1.29 is 32.6 Å². The number of ether oxygens (including phenoxy) is 3. The molecule has 8 heteroatoms. The number of rotatable bonds is 9. The Hall–Kier alpha value is -3.42. The third kappa shape index (κ3) is 6.91. The van der Waals surface area contributed by atoms with Crippen LogP contribution in [-0.2, 0) is 14.3 Å². The summed E-state index contributed by atoms with van der Waals surface area (Å²) >= 11 is 0. The number of hydrogen-bond donors (Lipinski definition) is 1. The van der Waals surface area contributed by atoms with Gasteiger partial charge in [0, 0.05) is 12.1 Å². The van der Waals surface area contributed by atoms with E-state index in [1.54, 1.807) is 18.2 Å². The lowest BCUT2D eigenvalue weighted by Crippen LogP contribution is -2.20. The van der Waals surface area contributed by atoms with E-state index in [0.29, 0.717) is 30.3 Å². The van der Waals surface area contributed by atoms with Crippen LogP contribution in [0.4, 0.5) is 14.5 Å². The fourth-order valence-corrected chi connectivity index (χ4v) is 2.30. The molecule has 0 atom stereocenters. The Balaban J connectivity index is 1.91. The van der Waals surface area contributed by atoms with Crippen molar-refractivity contribution in [2.75, 3.05) is 25.1 Å². The molecule has 2 rings (SSSR count). The summed E-state index contributed by atoms with van der Waals surface area (Å²) in [4.78, 5) is 23.5. The van der Waals surface area contributed by atoms with Crippen LogP contribution in [0.15, 0.2) is 42.5 Å². The van der Waals surface area contributed by atoms with Crippen molar-refractivity contribution >= 4 is 23.6 Å². The zero-order valence-electron chi connectivity index (χ0n) is 16.0. The molecule has 2 aromatic rings. The average Bonchev–Trinajstić information content (AvgIpc) is 2.69. The monoisotopic (exact) mass is 405 g/mol. The molecule has 0 heterocycles. The van der Waals surface area contributed by atoms with Crippen molar-refractivity contribution in [1.29, 1.82) is 0 Å². The van der Waals surface area contributed by atoms with Crippen molar-refractivity contribution in [2.24, 2.45) is 0 Å². The SMILES string of the molecule is CCOc1ccc(/C=C/C(=O)OCC(=O)Nc2cc(F)ccc2F)cc1OCC. The summed E-state index contributed by atoms with van der Waals surface area (Å²) in [6.45, 7) is 4.00. The van der Waals surface area contributed by atoms with Crippen LogP contribution in [0.2, 0.25) is 0 Å². The summed E-state index contributed by atoms with van der Waals surface area (Å²) in [5.74, 6) is -1.94. The summed E-state index contributed by atoms with van der Waals surface area (Å²) in [6, 6.07) is 7.80. The summed E-state index contributed by atoms with van der Waals surface area (Å²) in [5.41, 5.74) is 0.333. The number of benzene rings is 2. The van der Waals surface area contributed by atoms with E-state index in [0.717, 1.165) is 24.3 Å². The van der Waals surface area contributed by atoms with Crippen LogP contribution in [-0.4, -0.2) is 31.7 Å². The van der Waals surface area contributed by atoms with Gasteiger partial charge in [-0.05, 0) is 49.8 Å². The molecular formula is C21H21F2NO5. The Kier molecular flexibility index (Phi) is 8.14. The maximum Gasteiger partial charge on any atom is 0.331 e. The van der Waals surface area contributed by atoms with Crippen molar-refractivity contribution in [2.45, 2.75) is 13.8 Å². The lowest BCUT2D eigenvalue weighted by Gasteiger charge is -2.11. The summed E-state index contributed by atoms with van der Waals surface area (Å²) in [6.07, 6.45) is 2.63. The number of carbonyl (C=O) groups excluding carboxylic acids is 2. The van der Waals surface area contributed by atoms with Gasteiger partial charge in [0.15, 0.2) is 18.1 Å².